The molecule has 8 aromatic rings. The third kappa shape index (κ3) is 4.97. The summed E-state index contributed by atoms with van der Waals surface area (Å²) in [5.74, 6) is 0. The maximum atomic E-state index is 9.94. The Bertz CT molecular complexity index is 2150. The quantitative estimate of drug-likeness (QED) is 0.151. The topological polar surface area (TPSA) is 40.5 Å². The minimum absolute atomic E-state index is 0.566. The van der Waals surface area contributed by atoms with E-state index in [1.807, 2.05) is 66.7 Å². The molecule has 44 heavy (non-hydrogen) atoms. The van der Waals surface area contributed by atoms with Gasteiger partial charge in [0, 0.05) is 4.47 Å². The van der Waals surface area contributed by atoms with Gasteiger partial charge in [-0.2, -0.15) is 0 Å². The van der Waals surface area contributed by atoms with E-state index in [1.165, 1.54) is 37.1 Å². The summed E-state index contributed by atoms with van der Waals surface area (Å²) in [7, 11) is -1.50. The molecule has 0 saturated heterocycles. The average Bonchev–Trinajstić information content (AvgIpc) is 3.08. The van der Waals surface area contributed by atoms with Crippen LogP contribution in [0.1, 0.15) is 0 Å². The minimum atomic E-state index is -1.50. The highest BCUT2D eigenvalue weighted by Crippen LogP contribution is 2.41. The van der Waals surface area contributed by atoms with Crippen molar-refractivity contribution >= 4 is 71.6 Å². The van der Waals surface area contributed by atoms with Crippen molar-refractivity contribution in [3.63, 3.8) is 0 Å². The molecule has 0 aromatic heterocycles. The van der Waals surface area contributed by atoms with Crippen molar-refractivity contribution in [2.45, 2.75) is 0 Å². The van der Waals surface area contributed by atoms with E-state index in [0.717, 1.165) is 32.7 Å². The molecule has 0 aliphatic carbocycles. The molecule has 0 saturated carbocycles. The lowest BCUT2D eigenvalue weighted by molar-refractivity contribution is 0.426. The van der Waals surface area contributed by atoms with E-state index in [2.05, 4.69) is 107 Å². The summed E-state index contributed by atoms with van der Waals surface area (Å²) in [5, 5.41) is 28.8. The van der Waals surface area contributed by atoms with Gasteiger partial charge in [-0.05, 0) is 86.7 Å². The van der Waals surface area contributed by atoms with E-state index < -0.39 is 7.12 Å². The summed E-state index contributed by atoms with van der Waals surface area (Å²) < 4.78 is 1.17. The molecule has 0 unspecified atom stereocenters. The second-order valence-corrected chi connectivity index (χ2v) is 11.6. The fourth-order valence-corrected chi connectivity index (χ4v) is 7.04. The van der Waals surface area contributed by atoms with Gasteiger partial charge in [0.1, 0.15) is 0 Å². The van der Waals surface area contributed by atoms with Crippen LogP contribution < -0.4 is 5.46 Å². The molecule has 0 amide bonds. The van der Waals surface area contributed by atoms with Crippen molar-refractivity contribution in [3.8, 4) is 22.3 Å². The van der Waals surface area contributed by atoms with Crippen LogP contribution in [0.15, 0.2) is 162 Å². The van der Waals surface area contributed by atoms with Crippen molar-refractivity contribution in [2.75, 3.05) is 0 Å². The highest BCUT2D eigenvalue weighted by Gasteiger charge is 2.22. The van der Waals surface area contributed by atoms with E-state index in [9.17, 15) is 10.0 Å². The summed E-state index contributed by atoms with van der Waals surface area (Å²) in [6.45, 7) is 0. The van der Waals surface area contributed by atoms with Crippen LogP contribution in [0.5, 0.6) is 0 Å². The summed E-state index contributed by atoms with van der Waals surface area (Å²) in [6, 6.07) is 53.8. The summed E-state index contributed by atoms with van der Waals surface area (Å²) >= 11 is 3.79. The maximum Gasteiger partial charge on any atom is 0.489 e. The lowest BCUT2D eigenvalue weighted by Gasteiger charge is -2.16. The highest BCUT2D eigenvalue weighted by atomic mass is 79.9. The zero-order chi connectivity index (χ0) is 30.0. The third-order valence-corrected chi connectivity index (χ3v) is 9.08. The molecule has 0 radical (unpaired) electrons. The van der Waals surface area contributed by atoms with Gasteiger partial charge < -0.3 is 10.0 Å². The van der Waals surface area contributed by atoms with Crippen molar-refractivity contribution in [2.24, 2.45) is 0 Å². The van der Waals surface area contributed by atoms with Crippen LogP contribution in [0.25, 0.3) is 65.3 Å². The monoisotopic (exact) mass is 630 g/mol. The Morgan fingerprint density at radius 3 is 0.955 bits per heavy atom. The molecule has 8 rings (SSSR count). The molecular weight excluding hydrogens is 603 g/mol. The Hall–Kier alpha value is -4.74. The predicted molar refractivity (Wildman–Crippen MR) is 191 cm³/mol. The minimum Gasteiger partial charge on any atom is -0.423 e. The highest BCUT2D eigenvalue weighted by molar-refractivity contribution is 9.10. The van der Waals surface area contributed by atoms with E-state index >= 15 is 0 Å². The summed E-state index contributed by atoms with van der Waals surface area (Å²) in [6.07, 6.45) is 0. The first-order valence-corrected chi connectivity index (χ1v) is 15.4. The van der Waals surface area contributed by atoms with Gasteiger partial charge in [-0.1, -0.05) is 158 Å². The van der Waals surface area contributed by atoms with Crippen molar-refractivity contribution in [1.29, 1.82) is 0 Å². The molecule has 0 aliphatic rings. The SMILES string of the molecule is Brc1c2ccccc2c(-c2ccccc2)c2ccccc12.OB(O)c1c2ccccc2c(-c2ccccc2)c2ccccc12. The number of benzene rings is 8. The van der Waals surface area contributed by atoms with E-state index in [1.54, 1.807) is 0 Å². The number of hydrogen-bond donors (Lipinski definition) is 2. The zero-order valence-electron chi connectivity index (χ0n) is 23.9. The van der Waals surface area contributed by atoms with Crippen LogP contribution in [-0.2, 0) is 0 Å². The Morgan fingerprint density at radius 1 is 0.341 bits per heavy atom. The fourth-order valence-electron chi connectivity index (χ4n) is 6.35. The van der Waals surface area contributed by atoms with Gasteiger partial charge >= 0.3 is 7.12 Å². The Kier molecular flexibility index (Phi) is 7.72. The standard InChI is InChI=1S/C20H15BO2.C20H13Br/c22-21(23)20-17-12-6-4-10-15(17)19(14-8-2-1-3-9-14)16-11-5-7-13-18(16)20;21-20-17-12-6-4-10-15(17)19(14-8-2-1-3-9-14)16-11-5-7-13-18(16)20/h1-13,22-23H;1-13H. The second kappa shape index (κ2) is 12.1. The third-order valence-electron chi connectivity index (χ3n) is 8.22. The molecule has 210 valence electrons. The molecule has 0 atom stereocenters. The van der Waals surface area contributed by atoms with Crippen LogP contribution in [0.4, 0.5) is 0 Å². The first kappa shape index (κ1) is 28.1. The molecule has 2 N–H and O–H groups in total. The zero-order valence-corrected chi connectivity index (χ0v) is 25.4. The van der Waals surface area contributed by atoms with Crippen LogP contribution in [0.2, 0.25) is 0 Å². The Labute approximate surface area is 265 Å². The Morgan fingerprint density at radius 2 is 0.614 bits per heavy atom. The van der Waals surface area contributed by atoms with E-state index in [-0.39, 0.29) is 0 Å². The van der Waals surface area contributed by atoms with Crippen molar-refractivity contribution in [1.82, 2.24) is 0 Å². The van der Waals surface area contributed by atoms with E-state index in [4.69, 9.17) is 0 Å². The smallest absolute Gasteiger partial charge is 0.423 e. The molecule has 0 aliphatic heterocycles. The molecule has 2 nitrogen and oxygen atoms in total. The lowest BCUT2D eigenvalue weighted by atomic mass is 9.72. The predicted octanol–water partition coefficient (Wildman–Crippen LogP) is 9.76. The second-order valence-electron chi connectivity index (χ2n) is 10.8. The molecular formula is C40H28BBrO2. The largest absolute Gasteiger partial charge is 0.489 e. The van der Waals surface area contributed by atoms with Gasteiger partial charge in [0.2, 0.25) is 0 Å². The number of hydrogen-bond acceptors (Lipinski definition) is 2. The van der Waals surface area contributed by atoms with E-state index in [0.29, 0.717) is 5.46 Å². The fraction of sp³-hybridized carbons (Fsp3) is 0. The number of halogens is 1. The molecule has 0 spiro atoms. The van der Waals surface area contributed by atoms with Gasteiger partial charge in [0.15, 0.2) is 0 Å². The molecule has 4 heteroatoms. The molecule has 0 fully saturated rings. The first-order chi connectivity index (χ1) is 21.6. The van der Waals surface area contributed by atoms with Crippen molar-refractivity contribution in [3.05, 3.63) is 162 Å². The normalized spacial score (nSPS) is 11.1. The van der Waals surface area contributed by atoms with Gasteiger partial charge in [-0.3, -0.25) is 0 Å². The molecule has 0 heterocycles. The summed E-state index contributed by atoms with van der Waals surface area (Å²) in [5.41, 5.74) is 5.39. The van der Waals surface area contributed by atoms with Crippen LogP contribution in [-0.4, -0.2) is 17.2 Å². The van der Waals surface area contributed by atoms with Gasteiger partial charge in [-0.15, -0.1) is 0 Å². The number of fused-ring (bicyclic) bond motifs is 4. The van der Waals surface area contributed by atoms with Crippen molar-refractivity contribution < 1.29 is 10.0 Å². The molecule has 0 bridgehead atoms. The lowest BCUT2D eigenvalue weighted by Crippen LogP contribution is -2.31. The van der Waals surface area contributed by atoms with Crippen LogP contribution in [0, 0.1) is 0 Å². The number of rotatable bonds is 3. The first-order valence-electron chi connectivity index (χ1n) is 14.6. The molecule has 8 aromatic carbocycles. The summed E-state index contributed by atoms with van der Waals surface area (Å²) in [4.78, 5) is 0. The van der Waals surface area contributed by atoms with Gasteiger partial charge in [0.05, 0.1) is 0 Å². The van der Waals surface area contributed by atoms with Crippen LogP contribution in [0.3, 0.4) is 0 Å². The van der Waals surface area contributed by atoms with Crippen LogP contribution >= 0.6 is 15.9 Å². The maximum absolute atomic E-state index is 9.94. The van der Waals surface area contributed by atoms with Gasteiger partial charge in [-0.25, -0.2) is 0 Å². The van der Waals surface area contributed by atoms with Gasteiger partial charge in [0.25, 0.3) is 0 Å². The Balaban J connectivity index is 0.000000143. The average molecular weight is 631 g/mol.